The van der Waals surface area contributed by atoms with Crippen LogP contribution in [0.25, 0.3) is 10.2 Å². The van der Waals surface area contributed by atoms with Gasteiger partial charge in [-0.2, -0.15) is 0 Å². The summed E-state index contributed by atoms with van der Waals surface area (Å²) in [6.45, 7) is 0. The molecule has 3 aromatic rings. The number of rotatable bonds is 3. The normalized spacial score (nSPS) is 11.9. The summed E-state index contributed by atoms with van der Waals surface area (Å²) in [5.41, 5.74) is 0.104. The fraction of sp³-hybridized carbons (Fsp3) is 0.0769. The van der Waals surface area contributed by atoms with Crippen molar-refractivity contribution in [2.24, 2.45) is 0 Å². The molecule has 21 heavy (non-hydrogen) atoms. The standard InChI is InChI=1S/C13H9FN2O3S2/c14-8-1-3-9(4-2-8)21(18,19)7-11-15-10-5-6-20-12(10)13(17)16-11/h1-6H,7H2,(H,15,16,17). The lowest BCUT2D eigenvalue weighted by Gasteiger charge is -2.04. The molecule has 3 rings (SSSR count). The van der Waals surface area contributed by atoms with Crippen LogP contribution in [0.1, 0.15) is 5.82 Å². The van der Waals surface area contributed by atoms with Crippen LogP contribution in [0.5, 0.6) is 0 Å². The van der Waals surface area contributed by atoms with E-state index in [1.165, 1.54) is 23.5 Å². The molecule has 0 fully saturated rings. The molecule has 5 nitrogen and oxygen atoms in total. The monoisotopic (exact) mass is 324 g/mol. The zero-order valence-electron chi connectivity index (χ0n) is 10.5. The first kappa shape index (κ1) is 13.9. The molecule has 0 amide bonds. The van der Waals surface area contributed by atoms with Gasteiger partial charge in [0.25, 0.3) is 5.56 Å². The van der Waals surface area contributed by atoms with Crippen LogP contribution in [-0.2, 0) is 15.6 Å². The number of sulfone groups is 1. The number of thiophene rings is 1. The lowest BCUT2D eigenvalue weighted by Crippen LogP contribution is -2.14. The Morgan fingerprint density at radius 2 is 1.90 bits per heavy atom. The first-order valence-corrected chi connectivity index (χ1v) is 8.44. The second-order valence-electron chi connectivity index (χ2n) is 4.36. The van der Waals surface area contributed by atoms with Gasteiger partial charge in [0.2, 0.25) is 0 Å². The molecular weight excluding hydrogens is 315 g/mol. The zero-order valence-corrected chi connectivity index (χ0v) is 12.2. The van der Waals surface area contributed by atoms with Gasteiger partial charge < -0.3 is 4.98 Å². The Labute approximate surface area is 123 Å². The van der Waals surface area contributed by atoms with Crippen LogP contribution in [0.15, 0.2) is 45.4 Å². The SMILES string of the molecule is O=c1[nH]c(CS(=O)(=O)c2ccc(F)cc2)nc2ccsc12. The zero-order chi connectivity index (χ0) is 15.0. The fourth-order valence-corrected chi connectivity index (χ4v) is 3.83. The maximum Gasteiger partial charge on any atom is 0.268 e. The molecule has 0 bridgehead atoms. The molecule has 1 N–H and O–H groups in total. The molecule has 0 spiro atoms. The van der Waals surface area contributed by atoms with E-state index in [0.717, 1.165) is 12.1 Å². The van der Waals surface area contributed by atoms with Crippen LogP contribution in [0.3, 0.4) is 0 Å². The predicted octanol–water partition coefficient (Wildman–Crippen LogP) is 2.10. The predicted molar refractivity (Wildman–Crippen MR) is 77.5 cm³/mol. The molecule has 0 aliphatic rings. The van der Waals surface area contributed by atoms with Crippen molar-refractivity contribution in [3.05, 3.63) is 57.7 Å². The number of benzene rings is 1. The molecule has 8 heteroatoms. The van der Waals surface area contributed by atoms with Crippen LogP contribution >= 0.6 is 11.3 Å². The third kappa shape index (κ3) is 2.72. The number of fused-ring (bicyclic) bond motifs is 1. The van der Waals surface area contributed by atoms with Gasteiger partial charge in [-0.15, -0.1) is 11.3 Å². The van der Waals surface area contributed by atoms with Crippen LogP contribution in [0.2, 0.25) is 0 Å². The van der Waals surface area contributed by atoms with Crippen molar-refractivity contribution in [3.8, 4) is 0 Å². The Kier molecular flexibility index (Phi) is 3.34. The topological polar surface area (TPSA) is 79.9 Å². The highest BCUT2D eigenvalue weighted by molar-refractivity contribution is 7.90. The van der Waals surface area contributed by atoms with E-state index in [9.17, 15) is 17.6 Å². The van der Waals surface area contributed by atoms with Crippen molar-refractivity contribution < 1.29 is 12.8 Å². The molecule has 0 saturated heterocycles. The third-order valence-electron chi connectivity index (χ3n) is 2.86. The molecule has 0 atom stereocenters. The van der Waals surface area contributed by atoms with E-state index in [1.54, 1.807) is 11.4 Å². The molecule has 2 heterocycles. The number of hydrogen-bond acceptors (Lipinski definition) is 5. The summed E-state index contributed by atoms with van der Waals surface area (Å²) in [6, 6.07) is 6.18. The fourth-order valence-electron chi connectivity index (χ4n) is 1.90. The minimum absolute atomic E-state index is 0.0167. The van der Waals surface area contributed by atoms with Crippen LogP contribution in [0, 0.1) is 5.82 Å². The molecule has 2 aromatic heterocycles. The van der Waals surface area contributed by atoms with Gasteiger partial charge in [-0.3, -0.25) is 4.79 Å². The van der Waals surface area contributed by atoms with Gasteiger partial charge >= 0.3 is 0 Å². The number of aromatic amines is 1. The Morgan fingerprint density at radius 1 is 1.19 bits per heavy atom. The van der Waals surface area contributed by atoms with Crippen molar-refractivity contribution in [2.75, 3.05) is 0 Å². The highest BCUT2D eigenvalue weighted by atomic mass is 32.2. The maximum absolute atomic E-state index is 12.8. The Hall–Kier alpha value is -2.06. The van der Waals surface area contributed by atoms with Crippen LogP contribution < -0.4 is 5.56 Å². The maximum atomic E-state index is 12.8. The summed E-state index contributed by atoms with van der Waals surface area (Å²) >= 11 is 1.24. The summed E-state index contributed by atoms with van der Waals surface area (Å²) in [5, 5.41) is 1.71. The van der Waals surface area contributed by atoms with Gasteiger partial charge in [0.1, 0.15) is 22.1 Å². The van der Waals surface area contributed by atoms with Gasteiger partial charge in [0.05, 0.1) is 10.4 Å². The summed E-state index contributed by atoms with van der Waals surface area (Å²) in [4.78, 5) is 18.4. The molecule has 0 saturated carbocycles. The molecule has 0 aliphatic heterocycles. The minimum Gasteiger partial charge on any atom is -0.308 e. The van der Waals surface area contributed by atoms with Crippen LogP contribution in [-0.4, -0.2) is 18.4 Å². The van der Waals surface area contributed by atoms with Gasteiger partial charge in [-0.1, -0.05) is 0 Å². The first-order chi connectivity index (χ1) is 9.95. The number of halogens is 1. The molecule has 108 valence electrons. The Bertz CT molecular complexity index is 959. The summed E-state index contributed by atoms with van der Waals surface area (Å²) < 4.78 is 37.7. The van der Waals surface area contributed by atoms with Crippen molar-refractivity contribution in [2.45, 2.75) is 10.6 Å². The second kappa shape index (κ2) is 5.05. The third-order valence-corrected chi connectivity index (χ3v) is 5.41. The van der Waals surface area contributed by atoms with Gasteiger partial charge in [0, 0.05) is 0 Å². The Balaban J connectivity index is 2.00. The smallest absolute Gasteiger partial charge is 0.268 e. The van der Waals surface area contributed by atoms with Crippen molar-refractivity contribution in [1.82, 2.24) is 9.97 Å². The first-order valence-electron chi connectivity index (χ1n) is 5.90. The molecule has 0 aliphatic carbocycles. The number of H-pyrrole nitrogens is 1. The van der Waals surface area contributed by atoms with Gasteiger partial charge in [0.15, 0.2) is 9.84 Å². The van der Waals surface area contributed by atoms with E-state index >= 15 is 0 Å². The summed E-state index contributed by atoms with van der Waals surface area (Å²) in [7, 11) is -3.69. The average molecular weight is 324 g/mol. The molecular formula is C13H9FN2O3S2. The lowest BCUT2D eigenvalue weighted by atomic mass is 10.4. The number of nitrogens with zero attached hydrogens (tertiary/aromatic N) is 1. The lowest BCUT2D eigenvalue weighted by molar-refractivity contribution is 0.592. The summed E-state index contributed by atoms with van der Waals surface area (Å²) in [5.74, 6) is -0.893. The largest absolute Gasteiger partial charge is 0.308 e. The summed E-state index contributed by atoms with van der Waals surface area (Å²) in [6.07, 6.45) is 0. The highest BCUT2D eigenvalue weighted by Crippen LogP contribution is 2.17. The second-order valence-corrected chi connectivity index (χ2v) is 7.27. The van der Waals surface area contributed by atoms with Crippen LogP contribution in [0.4, 0.5) is 4.39 Å². The van der Waals surface area contributed by atoms with Crippen molar-refractivity contribution in [1.29, 1.82) is 0 Å². The average Bonchev–Trinajstić information content (AvgIpc) is 2.87. The van der Waals surface area contributed by atoms with E-state index in [0.29, 0.717) is 10.2 Å². The van der Waals surface area contributed by atoms with E-state index in [4.69, 9.17) is 0 Å². The molecule has 0 radical (unpaired) electrons. The van der Waals surface area contributed by atoms with E-state index in [2.05, 4.69) is 9.97 Å². The van der Waals surface area contributed by atoms with Crippen molar-refractivity contribution in [3.63, 3.8) is 0 Å². The Morgan fingerprint density at radius 3 is 2.62 bits per heavy atom. The van der Waals surface area contributed by atoms with E-state index < -0.39 is 21.4 Å². The van der Waals surface area contributed by atoms with E-state index in [-0.39, 0.29) is 16.3 Å². The number of aromatic nitrogens is 2. The number of hydrogen-bond donors (Lipinski definition) is 1. The van der Waals surface area contributed by atoms with Gasteiger partial charge in [-0.05, 0) is 35.7 Å². The van der Waals surface area contributed by atoms with E-state index in [1.807, 2.05) is 0 Å². The highest BCUT2D eigenvalue weighted by Gasteiger charge is 2.18. The number of nitrogens with one attached hydrogen (secondary N) is 1. The minimum atomic E-state index is -3.69. The molecule has 0 unspecified atom stereocenters. The van der Waals surface area contributed by atoms with Gasteiger partial charge in [-0.25, -0.2) is 17.8 Å². The molecule has 1 aromatic carbocycles. The quantitative estimate of drug-likeness (QED) is 0.748. The van der Waals surface area contributed by atoms with Crippen molar-refractivity contribution >= 4 is 31.4 Å².